The average Bonchev–Trinajstić information content (AvgIpc) is 2.89. The van der Waals surface area contributed by atoms with Gasteiger partial charge in [0.2, 0.25) is 0 Å². The lowest BCUT2D eigenvalue weighted by Gasteiger charge is -2.07. The molecule has 0 saturated carbocycles. The molecule has 0 spiro atoms. The lowest BCUT2D eigenvalue weighted by Crippen LogP contribution is -1.96. The van der Waals surface area contributed by atoms with E-state index in [0.29, 0.717) is 5.56 Å². The molecule has 1 aromatic heterocycles. The average molecular weight is 288 g/mol. The van der Waals surface area contributed by atoms with Crippen LogP contribution in [0.4, 0.5) is 0 Å². The number of ketones is 1. The van der Waals surface area contributed by atoms with Crippen molar-refractivity contribution >= 4 is 23.6 Å². The molecule has 4 nitrogen and oxygen atoms in total. The fourth-order valence-electron chi connectivity index (χ4n) is 1.78. The van der Waals surface area contributed by atoms with E-state index in [9.17, 15) is 4.79 Å². The van der Waals surface area contributed by atoms with Gasteiger partial charge in [0.1, 0.15) is 5.75 Å². The molecule has 104 valence electrons. The fraction of sp³-hybridized carbons (Fsp3) is 0.200. The zero-order chi connectivity index (χ0) is 14.5. The van der Waals surface area contributed by atoms with Crippen LogP contribution in [-0.4, -0.2) is 28.9 Å². The molecule has 0 aliphatic heterocycles. The molecule has 0 atom stereocenters. The van der Waals surface area contributed by atoms with Gasteiger partial charge in [-0.2, -0.15) is 5.10 Å². The Morgan fingerprint density at radius 2 is 2.25 bits per heavy atom. The number of aromatic nitrogens is 2. The number of allylic oxidation sites excluding steroid dienone is 1. The van der Waals surface area contributed by atoms with Crippen LogP contribution in [-0.2, 0) is 7.05 Å². The minimum atomic E-state index is -0.0557. The molecule has 20 heavy (non-hydrogen) atoms. The van der Waals surface area contributed by atoms with Gasteiger partial charge in [0.15, 0.2) is 5.78 Å². The molecule has 0 fully saturated rings. The molecule has 1 heterocycles. The van der Waals surface area contributed by atoms with E-state index in [2.05, 4.69) is 5.10 Å². The predicted octanol–water partition coefficient (Wildman–Crippen LogP) is 3.05. The number of hydrogen-bond donors (Lipinski definition) is 0. The SMILES string of the molecule is COc1cc(C(=O)/C=C\c2cnn(C)c2)ccc1SC. The number of methoxy groups -OCH3 is 1. The van der Waals surface area contributed by atoms with Crippen molar-refractivity contribution in [3.8, 4) is 5.75 Å². The molecule has 0 N–H and O–H groups in total. The number of hydrogen-bond acceptors (Lipinski definition) is 4. The Bertz CT molecular complexity index is 647. The van der Waals surface area contributed by atoms with Crippen molar-refractivity contribution in [3.05, 3.63) is 47.8 Å². The van der Waals surface area contributed by atoms with Crippen molar-refractivity contribution in [2.24, 2.45) is 7.05 Å². The molecule has 0 radical (unpaired) electrons. The first kappa shape index (κ1) is 14.4. The molecule has 2 rings (SSSR count). The molecule has 1 aromatic carbocycles. The normalized spacial score (nSPS) is 10.9. The minimum Gasteiger partial charge on any atom is -0.496 e. The summed E-state index contributed by atoms with van der Waals surface area (Å²) in [6, 6.07) is 5.47. The van der Waals surface area contributed by atoms with Crippen LogP contribution in [0, 0.1) is 0 Å². The number of carbonyl (C=O) groups is 1. The van der Waals surface area contributed by atoms with E-state index >= 15 is 0 Å². The second-order valence-corrected chi connectivity index (χ2v) is 5.06. The Balaban J connectivity index is 2.19. The van der Waals surface area contributed by atoms with Gasteiger partial charge in [0.25, 0.3) is 0 Å². The van der Waals surface area contributed by atoms with Gasteiger partial charge < -0.3 is 4.74 Å². The summed E-state index contributed by atoms with van der Waals surface area (Å²) in [4.78, 5) is 13.1. The fourth-order valence-corrected chi connectivity index (χ4v) is 2.33. The molecule has 0 bridgehead atoms. The minimum absolute atomic E-state index is 0.0557. The van der Waals surface area contributed by atoms with E-state index in [1.54, 1.807) is 48.0 Å². The van der Waals surface area contributed by atoms with Crippen molar-refractivity contribution < 1.29 is 9.53 Å². The maximum absolute atomic E-state index is 12.1. The highest BCUT2D eigenvalue weighted by molar-refractivity contribution is 7.98. The summed E-state index contributed by atoms with van der Waals surface area (Å²) in [7, 11) is 3.44. The lowest BCUT2D eigenvalue weighted by molar-refractivity contribution is 0.104. The van der Waals surface area contributed by atoms with Crippen molar-refractivity contribution in [3.63, 3.8) is 0 Å². The zero-order valence-corrected chi connectivity index (χ0v) is 12.5. The number of ether oxygens (including phenoxy) is 1. The van der Waals surface area contributed by atoms with Crippen LogP contribution in [0.1, 0.15) is 15.9 Å². The van der Waals surface area contributed by atoms with Crippen LogP contribution < -0.4 is 4.74 Å². The summed E-state index contributed by atoms with van der Waals surface area (Å²) in [5.41, 5.74) is 1.51. The second-order valence-electron chi connectivity index (χ2n) is 4.21. The van der Waals surface area contributed by atoms with E-state index in [-0.39, 0.29) is 5.78 Å². The number of benzene rings is 1. The van der Waals surface area contributed by atoms with Crippen molar-refractivity contribution in [1.29, 1.82) is 0 Å². The second kappa shape index (κ2) is 6.43. The largest absolute Gasteiger partial charge is 0.496 e. The highest BCUT2D eigenvalue weighted by Crippen LogP contribution is 2.28. The third kappa shape index (κ3) is 3.30. The first-order valence-corrected chi connectivity index (χ1v) is 7.29. The van der Waals surface area contributed by atoms with E-state index in [1.807, 2.05) is 31.6 Å². The third-order valence-electron chi connectivity index (χ3n) is 2.82. The van der Waals surface area contributed by atoms with Gasteiger partial charge in [-0.3, -0.25) is 9.48 Å². The monoisotopic (exact) mass is 288 g/mol. The van der Waals surface area contributed by atoms with E-state index in [0.717, 1.165) is 16.2 Å². The van der Waals surface area contributed by atoms with Gasteiger partial charge >= 0.3 is 0 Å². The maximum Gasteiger partial charge on any atom is 0.185 e. The van der Waals surface area contributed by atoms with Crippen LogP contribution in [0.3, 0.4) is 0 Å². The number of aryl methyl sites for hydroxylation is 1. The number of rotatable bonds is 5. The highest BCUT2D eigenvalue weighted by Gasteiger charge is 2.07. The molecule has 0 aliphatic rings. The predicted molar refractivity (Wildman–Crippen MR) is 81.3 cm³/mol. The van der Waals surface area contributed by atoms with Crippen molar-refractivity contribution in [2.75, 3.05) is 13.4 Å². The summed E-state index contributed by atoms with van der Waals surface area (Å²) < 4.78 is 6.98. The summed E-state index contributed by atoms with van der Waals surface area (Å²) in [6.07, 6.45) is 8.83. The van der Waals surface area contributed by atoms with Crippen LogP contribution in [0.5, 0.6) is 5.75 Å². The molecule has 0 amide bonds. The smallest absolute Gasteiger partial charge is 0.185 e. The molecule has 5 heteroatoms. The van der Waals surface area contributed by atoms with E-state index in [4.69, 9.17) is 4.74 Å². The van der Waals surface area contributed by atoms with Crippen LogP contribution in [0.2, 0.25) is 0 Å². The van der Waals surface area contributed by atoms with Gasteiger partial charge in [0.05, 0.1) is 13.3 Å². The first-order chi connectivity index (χ1) is 9.63. The Hall–Kier alpha value is -2.01. The molecule has 0 saturated heterocycles. The van der Waals surface area contributed by atoms with E-state index < -0.39 is 0 Å². The summed E-state index contributed by atoms with van der Waals surface area (Å²) in [6.45, 7) is 0. The number of nitrogens with zero attached hydrogens (tertiary/aromatic N) is 2. The molecular formula is C15H16N2O2S. The Kier molecular flexibility index (Phi) is 4.63. The Labute approximate surface area is 122 Å². The van der Waals surface area contributed by atoms with Crippen LogP contribution in [0.15, 0.2) is 41.6 Å². The van der Waals surface area contributed by atoms with Gasteiger partial charge in [-0.1, -0.05) is 0 Å². The molecule has 0 unspecified atom stereocenters. The summed E-state index contributed by atoms with van der Waals surface area (Å²) >= 11 is 1.59. The third-order valence-corrected chi connectivity index (χ3v) is 3.60. The van der Waals surface area contributed by atoms with Gasteiger partial charge in [-0.05, 0) is 36.6 Å². The topological polar surface area (TPSA) is 44.1 Å². The number of carbonyl (C=O) groups excluding carboxylic acids is 1. The van der Waals surface area contributed by atoms with Crippen molar-refractivity contribution in [1.82, 2.24) is 9.78 Å². The molecule has 2 aromatic rings. The van der Waals surface area contributed by atoms with Gasteiger partial charge in [0, 0.05) is 29.3 Å². The Morgan fingerprint density at radius 3 is 2.85 bits per heavy atom. The summed E-state index contributed by atoms with van der Waals surface area (Å²) in [5.74, 6) is 0.665. The Morgan fingerprint density at radius 1 is 1.45 bits per heavy atom. The summed E-state index contributed by atoms with van der Waals surface area (Å²) in [5, 5.41) is 4.05. The zero-order valence-electron chi connectivity index (χ0n) is 11.7. The van der Waals surface area contributed by atoms with Crippen LogP contribution in [0.25, 0.3) is 6.08 Å². The number of thioether (sulfide) groups is 1. The highest BCUT2D eigenvalue weighted by atomic mass is 32.2. The van der Waals surface area contributed by atoms with Crippen LogP contribution >= 0.6 is 11.8 Å². The maximum atomic E-state index is 12.1. The van der Waals surface area contributed by atoms with Crippen molar-refractivity contribution in [2.45, 2.75) is 4.90 Å². The molecule has 0 aliphatic carbocycles. The quantitative estimate of drug-likeness (QED) is 0.482. The lowest BCUT2D eigenvalue weighted by atomic mass is 10.1. The van der Waals surface area contributed by atoms with E-state index in [1.165, 1.54) is 0 Å². The first-order valence-electron chi connectivity index (χ1n) is 6.07. The standard InChI is InChI=1S/C15H16N2O2S/c1-17-10-11(9-16-17)4-6-13(18)12-5-7-15(20-3)14(8-12)19-2/h4-10H,1-3H3/b6-4-. The molecular weight excluding hydrogens is 272 g/mol. The van der Waals surface area contributed by atoms with Gasteiger partial charge in [-0.15, -0.1) is 11.8 Å². The van der Waals surface area contributed by atoms with Gasteiger partial charge in [-0.25, -0.2) is 0 Å².